The van der Waals surface area contributed by atoms with Crippen molar-refractivity contribution in [1.82, 2.24) is 30.3 Å². The number of hydrazine groups is 2. The van der Waals surface area contributed by atoms with Gasteiger partial charge in [0, 0.05) is 25.8 Å². The van der Waals surface area contributed by atoms with Crippen LogP contribution in [-0.4, -0.2) is 106 Å². The van der Waals surface area contributed by atoms with Gasteiger partial charge >= 0.3 is 0 Å². The Labute approximate surface area is 150 Å². The lowest BCUT2D eigenvalue weighted by atomic mass is 10.1. The molecule has 1 rings (SSSR count). The van der Waals surface area contributed by atoms with Gasteiger partial charge in [0.05, 0.1) is 0 Å². The predicted molar refractivity (Wildman–Crippen MR) is 104 cm³/mol. The van der Waals surface area contributed by atoms with Gasteiger partial charge in [0.1, 0.15) is 0 Å². The average Bonchev–Trinajstić information content (AvgIpc) is 2.46. The first-order chi connectivity index (χ1) is 11.4. The zero-order chi connectivity index (χ0) is 17.9. The minimum absolute atomic E-state index is 1.05. The smallest absolute Gasteiger partial charge is 0.0376 e. The maximum absolute atomic E-state index is 3.57. The molecule has 24 heavy (non-hydrogen) atoms. The van der Waals surface area contributed by atoms with Crippen LogP contribution in [0.15, 0.2) is 11.8 Å². The van der Waals surface area contributed by atoms with Crippen LogP contribution in [0.5, 0.6) is 0 Å². The van der Waals surface area contributed by atoms with Gasteiger partial charge in [-0.3, -0.25) is 0 Å². The van der Waals surface area contributed by atoms with Gasteiger partial charge in [0.2, 0.25) is 0 Å². The number of hydrogen-bond donors (Lipinski definition) is 1. The molecule has 0 atom stereocenters. The van der Waals surface area contributed by atoms with Crippen molar-refractivity contribution in [2.24, 2.45) is 0 Å². The van der Waals surface area contributed by atoms with E-state index in [1.54, 1.807) is 5.57 Å². The maximum Gasteiger partial charge on any atom is 0.0376 e. The number of nitrogens with zero attached hydrogens (tertiary/aromatic N) is 5. The lowest BCUT2D eigenvalue weighted by molar-refractivity contribution is 0.0438. The molecular formula is C18H40N6. The number of rotatable bonds is 12. The van der Waals surface area contributed by atoms with Crippen LogP contribution in [0, 0.1) is 0 Å². The summed E-state index contributed by atoms with van der Waals surface area (Å²) in [5, 5.41) is 4.66. The van der Waals surface area contributed by atoms with E-state index in [0.717, 1.165) is 39.3 Å². The normalized spacial score (nSPS) is 16.5. The maximum atomic E-state index is 3.57. The fraction of sp³-hybridized carbons (Fsp3) is 0.889. The van der Waals surface area contributed by atoms with Crippen LogP contribution >= 0.6 is 0 Å². The van der Waals surface area contributed by atoms with Crippen molar-refractivity contribution in [3.8, 4) is 0 Å². The van der Waals surface area contributed by atoms with Crippen molar-refractivity contribution in [2.75, 3.05) is 81.6 Å². The van der Waals surface area contributed by atoms with E-state index in [2.05, 4.69) is 78.7 Å². The molecule has 0 radical (unpaired) electrons. The second kappa shape index (κ2) is 11.8. The van der Waals surface area contributed by atoms with Crippen molar-refractivity contribution < 1.29 is 0 Å². The number of hydrogen-bond acceptors (Lipinski definition) is 6. The molecule has 6 nitrogen and oxygen atoms in total. The van der Waals surface area contributed by atoms with Crippen molar-refractivity contribution in [3.05, 3.63) is 11.8 Å². The third-order valence-corrected chi connectivity index (χ3v) is 4.14. The van der Waals surface area contributed by atoms with Crippen LogP contribution in [-0.2, 0) is 0 Å². The van der Waals surface area contributed by atoms with E-state index in [1.807, 2.05) is 0 Å². The summed E-state index contributed by atoms with van der Waals surface area (Å²) in [6.07, 6.45) is 7.13. The van der Waals surface area contributed by atoms with Gasteiger partial charge in [-0.15, -0.1) is 0 Å². The zero-order valence-corrected chi connectivity index (χ0v) is 16.9. The molecule has 0 saturated carbocycles. The van der Waals surface area contributed by atoms with Gasteiger partial charge in [0.25, 0.3) is 0 Å². The summed E-state index contributed by atoms with van der Waals surface area (Å²) in [6.45, 7) is 6.62. The van der Waals surface area contributed by atoms with Crippen LogP contribution in [0.1, 0.15) is 25.7 Å². The third kappa shape index (κ3) is 10.3. The summed E-state index contributed by atoms with van der Waals surface area (Å²) in [7, 11) is 12.9. The zero-order valence-electron chi connectivity index (χ0n) is 16.9. The van der Waals surface area contributed by atoms with Crippen molar-refractivity contribution in [1.29, 1.82) is 0 Å². The first-order valence-electron chi connectivity index (χ1n) is 9.28. The van der Waals surface area contributed by atoms with Gasteiger partial charge in [-0.2, -0.15) is 5.53 Å². The first kappa shape index (κ1) is 21.4. The summed E-state index contributed by atoms with van der Waals surface area (Å²) in [5.74, 6) is 0. The minimum Gasteiger partial charge on any atom is -0.309 e. The van der Waals surface area contributed by atoms with Crippen molar-refractivity contribution in [2.45, 2.75) is 25.7 Å². The van der Waals surface area contributed by atoms with E-state index >= 15 is 0 Å². The molecule has 1 aliphatic heterocycles. The third-order valence-electron chi connectivity index (χ3n) is 4.14. The van der Waals surface area contributed by atoms with Crippen LogP contribution in [0.3, 0.4) is 0 Å². The Morgan fingerprint density at radius 1 is 0.833 bits per heavy atom. The Hall–Kier alpha value is -0.660. The van der Waals surface area contributed by atoms with E-state index in [4.69, 9.17) is 0 Å². The quantitative estimate of drug-likeness (QED) is 0.573. The molecule has 142 valence electrons. The molecule has 0 aliphatic carbocycles. The van der Waals surface area contributed by atoms with E-state index in [9.17, 15) is 0 Å². The molecule has 0 aromatic heterocycles. The summed E-state index contributed by atoms with van der Waals surface area (Å²) in [6, 6.07) is 0. The standard InChI is InChI=1S/C18H40N6/c1-20(2)11-7-10-18-16-23(14-8-12-21(3)4)19-24(17-18)15-9-13-22(5)6/h16,19H,7-15,17H2,1-6H3. The highest BCUT2D eigenvalue weighted by Crippen LogP contribution is 2.13. The van der Waals surface area contributed by atoms with Crippen LogP contribution < -0.4 is 5.53 Å². The molecule has 1 aliphatic rings. The molecule has 0 saturated heterocycles. The summed E-state index contributed by atoms with van der Waals surface area (Å²) in [4.78, 5) is 6.78. The molecule has 1 N–H and O–H groups in total. The second-order valence-electron chi connectivity index (χ2n) is 7.72. The molecule has 0 aromatic rings. The molecule has 0 spiro atoms. The highest BCUT2D eigenvalue weighted by atomic mass is 15.8. The summed E-state index contributed by atoms with van der Waals surface area (Å²) >= 11 is 0. The molecular weight excluding hydrogens is 300 g/mol. The SMILES string of the molecule is CN(C)CCCC1=CN(CCCN(C)C)NN(CCCN(C)C)C1. The Morgan fingerprint density at radius 2 is 1.38 bits per heavy atom. The van der Waals surface area contributed by atoms with E-state index < -0.39 is 0 Å². The Morgan fingerprint density at radius 3 is 1.96 bits per heavy atom. The van der Waals surface area contributed by atoms with Gasteiger partial charge in [-0.25, -0.2) is 5.01 Å². The van der Waals surface area contributed by atoms with E-state index in [-0.39, 0.29) is 0 Å². The number of nitrogens with one attached hydrogen (secondary N) is 1. The van der Waals surface area contributed by atoms with Gasteiger partial charge in [0.15, 0.2) is 0 Å². The molecule has 6 heteroatoms. The van der Waals surface area contributed by atoms with Crippen LogP contribution in [0.2, 0.25) is 0 Å². The summed E-state index contributed by atoms with van der Waals surface area (Å²) in [5.41, 5.74) is 5.12. The Balaban J connectivity index is 2.49. The fourth-order valence-corrected chi connectivity index (χ4v) is 2.90. The second-order valence-corrected chi connectivity index (χ2v) is 7.72. The predicted octanol–water partition coefficient (Wildman–Crippen LogP) is 1.15. The van der Waals surface area contributed by atoms with Gasteiger partial charge in [-0.05, 0) is 93.2 Å². The molecule has 1 heterocycles. The molecule has 0 fully saturated rings. The van der Waals surface area contributed by atoms with Crippen molar-refractivity contribution >= 4 is 0 Å². The largest absolute Gasteiger partial charge is 0.309 e. The molecule has 0 unspecified atom stereocenters. The fourth-order valence-electron chi connectivity index (χ4n) is 2.90. The highest BCUT2D eigenvalue weighted by Gasteiger charge is 2.17. The molecule has 0 bridgehead atoms. The lowest BCUT2D eigenvalue weighted by Gasteiger charge is -2.37. The topological polar surface area (TPSA) is 28.2 Å². The van der Waals surface area contributed by atoms with E-state index in [1.165, 1.54) is 25.7 Å². The van der Waals surface area contributed by atoms with Gasteiger partial charge in [-0.1, -0.05) is 0 Å². The monoisotopic (exact) mass is 340 g/mol. The van der Waals surface area contributed by atoms with Gasteiger partial charge < -0.3 is 19.7 Å². The Bertz CT molecular complexity index is 353. The molecule has 0 amide bonds. The average molecular weight is 341 g/mol. The van der Waals surface area contributed by atoms with Crippen molar-refractivity contribution in [3.63, 3.8) is 0 Å². The Kier molecular flexibility index (Phi) is 10.5. The molecule has 0 aromatic carbocycles. The summed E-state index contributed by atoms with van der Waals surface area (Å²) < 4.78 is 0. The first-order valence-corrected chi connectivity index (χ1v) is 9.28. The lowest BCUT2D eigenvalue weighted by Crippen LogP contribution is -2.52. The van der Waals surface area contributed by atoms with Crippen LogP contribution in [0.25, 0.3) is 0 Å². The highest BCUT2D eigenvalue weighted by molar-refractivity contribution is 5.05. The van der Waals surface area contributed by atoms with Crippen LogP contribution in [0.4, 0.5) is 0 Å². The minimum atomic E-state index is 1.05. The van der Waals surface area contributed by atoms with E-state index in [0.29, 0.717) is 0 Å².